The molecule has 1 heteroatoms. The molecule has 0 amide bonds. The lowest BCUT2D eigenvalue weighted by molar-refractivity contribution is -0.0472. The third kappa shape index (κ3) is 4.07. The average molecular weight is 260 g/mol. The summed E-state index contributed by atoms with van der Waals surface area (Å²) in [6.45, 7) is 9.92. The molecule has 0 saturated heterocycles. The van der Waals surface area contributed by atoms with E-state index < -0.39 is 0 Å². The Bertz CT molecular complexity index is 379. The van der Waals surface area contributed by atoms with Crippen LogP contribution in [-0.4, -0.2) is 6.10 Å². The summed E-state index contributed by atoms with van der Waals surface area (Å²) in [4.78, 5) is 0. The van der Waals surface area contributed by atoms with Gasteiger partial charge in [0.05, 0.1) is 12.7 Å². The number of benzene rings is 1. The van der Waals surface area contributed by atoms with E-state index in [-0.39, 0.29) is 0 Å². The molecular weight excluding hydrogens is 232 g/mol. The van der Waals surface area contributed by atoms with E-state index in [9.17, 15) is 0 Å². The van der Waals surface area contributed by atoms with Gasteiger partial charge in [-0.05, 0) is 43.1 Å². The third-order valence-corrected chi connectivity index (χ3v) is 4.55. The highest BCUT2D eigenvalue weighted by atomic mass is 16.5. The fourth-order valence-electron chi connectivity index (χ4n) is 3.19. The second-order valence-corrected chi connectivity index (χ2v) is 6.66. The summed E-state index contributed by atoms with van der Waals surface area (Å²) < 4.78 is 6.25. The Labute approximate surface area is 118 Å². The molecule has 1 aliphatic carbocycles. The van der Waals surface area contributed by atoms with E-state index >= 15 is 0 Å². The average Bonchev–Trinajstić information content (AvgIpc) is 2.38. The molecule has 0 unspecified atom stereocenters. The van der Waals surface area contributed by atoms with E-state index in [1.807, 2.05) is 0 Å². The second-order valence-electron chi connectivity index (χ2n) is 6.66. The second kappa shape index (κ2) is 6.56. The molecule has 3 atom stereocenters. The van der Waals surface area contributed by atoms with E-state index in [2.05, 4.69) is 52.0 Å². The fourth-order valence-corrected chi connectivity index (χ4v) is 3.19. The highest BCUT2D eigenvalue weighted by Gasteiger charge is 2.31. The van der Waals surface area contributed by atoms with Gasteiger partial charge in [-0.1, -0.05) is 57.0 Å². The van der Waals surface area contributed by atoms with Crippen LogP contribution in [0.15, 0.2) is 24.3 Å². The Balaban J connectivity index is 1.93. The summed E-state index contributed by atoms with van der Waals surface area (Å²) in [7, 11) is 0. The molecule has 2 rings (SSSR count). The van der Waals surface area contributed by atoms with Gasteiger partial charge in [-0.15, -0.1) is 0 Å². The van der Waals surface area contributed by atoms with Crippen molar-refractivity contribution in [2.45, 2.75) is 59.7 Å². The zero-order chi connectivity index (χ0) is 13.8. The highest BCUT2D eigenvalue weighted by Crippen LogP contribution is 2.35. The summed E-state index contributed by atoms with van der Waals surface area (Å²) in [5, 5.41) is 0. The molecule has 0 N–H and O–H groups in total. The molecule has 1 aromatic carbocycles. The fraction of sp³-hybridized carbons (Fsp3) is 0.667. The first-order valence-electron chi connectivity index (χ1n) is 7.73. The van der Waals surface area contributed by atoms with Gasteiger partial charge in [0.1, 0.15) is 0 Å². The van der Waals surface area contributed by atoms with Gasteiger partial charge in [0.2, 0.25) is 0 Å². The minimum atomic E-state index is 0.449. The standard InChI is InChI=1S/C18H28O/c1-13(2)17-10-7-15(4)11-18(17)19-12-16-8-5-14(3)6-9-16/h5-6,8-9,13,15,17-18H,7,10-12H2,1-4H3/t15-,17+,18-/m1/s1. The van der Waals surface area contributed by atoms with Gasteiger partial charge in [-0.25, -0.2) is 0 Å². The minimum absolute atomic E-state index is 0.449. The predicted octanol–water partition coefficient (Wildman–Crippen LogP) is 4.97. The molecule has 0 spiro atoms. The van der Waals surface area contributed by atoms with Crippen LogP contribution in [0.3, 0.4) is 0 Å². The Hall–Kier alpha value is -0.820. The summed E-state index contributed by atoms with van der Waals surface area (Å²) in [6, 6.07) is 8.71. The summed E-state index contributed by atoms with van der Waals surface area (Å²) in [6.07, 6.45) is 4.38. The molecule has 1 saturated carbocycles. The lowest BCUT2D eigenvalue weighted by Crippen LogP contribution is -2.34. The molecule has 0 bridgehead atoms. The van der Waals surface area contributed by atoms with Crippen LogP contribution in [-0.2, 0) is 11.3 Å². The van der Waals surface area contributed by atoms with E-state index in [0.717, 1.165) is 24.4 Å². The molecule has 0 aromatic heterocycles. The molecule has 0 heterocycles. The van der Waals surface area contributed by atoms with Crippen molar-refractivity contribution >= 4 is 0 Å². The summed E-state index contributed by atoms with van der Waals surface area (Å²) in [5.74, 6) is 2.29. The molecular formula is C18H28O. The number of rotatable bonds is 4. The van der Waals surface area contributed by atoms with Crippen molar-refractivity contribution in [1.82, 2.24) is 0 Å². The van der Waals surface area contributed by atoms with E-state index in [1.54, 1.807) is 0 Å². The quantitative estimate of drug-likeness (QED) is 0.742. The Morgan fingerprint density at radius 1 is 1.16 bits per heavy atom. The van der Waals surface area contributed by atoms with Crippen molar-refractivity contribution in [3.63, 3.8) is 0 Å². The van der Waals surface area contributed by atoms with Crippen molar-refractivity contribution in [2.75, 3.05) is 0 Å². The molecule has 1 nitrogen and oxygen atoms in total. The maximum Gasteiger partial charge on any atom is 0.0720 e. The van der Waals surface area contributed by atoms with E-state index in [0.29, 0.717) is 6.10 Å². The maximum absolute atomic E-state index is 6.25. The van der Waals surface area contributed by atoms with Gasteiger partial charge in [0.25, 0.3) is 0 Å². The van der Waals surface area contributed by atoms with Crippen molar-refractivity contribution in [1.29, 1.82) is 0 Å². The van der Waals surface area contributed by atoms with Crippen molar-refractivity contribution in [3.05, 3.63) is 35.4 Å². The van der Waals surface area contributed by atoms with Crippen LogP contribution in [0.5, 0.6) is 0 Å². The van der Waals surface area contributed by atoms with Crippen molar-refractivity contribution in [2.24, 2.45) is 17.8 Å². The van der Waals surface area contributed by atoms with Gasteiger partial charge >= 0.3 is 0 Å². The Morgan fingerprint density at radius 3 is 2.47 bits per heavy atom. The van der Waals surface area contributed by atoms with Crippen LogP contribution >= 0.6 is 0 Å². The zero-order valence-corrected chi connectivity index (χ0v) is 12.9. The Morgan fingerprint density at radius 2 is 1.84 bits per heavy atom. The van der Waals surface area contributed by atoms with Gasteiger partial charge in [0, 0.05) is 0 Å². The third-order valence-electron chi connectivity index (χ3n) is 4.55. The molecule has 19 heavy (non-hydrogen) atoms. The highest BCUT2D eigenvalue weighted by molar-refractivity contribution is 5.20. The van der Waals surface area contributed by atoms with Gasteiger partial charge in [-0.3, -0.25) is 0 Å². The van der Waals surface area contributed by atoms with Crippen LogP contribution in [0.1, 0.15) is 51.2 Å². The lowest BCUT2D eigenvalue weighted by atomic mass is 9.75. The maximum atomic E-state index is 6.25. The van der Waals surface area contributed by atoms with Gasteiger partial charge < -0.3 is 4.74 Å². The van der Waals surface area contributed by atoms with E-state index in [4.69, 9.17) is 4.74 Å². The first kappa shape index (κ1) is 14.6. The number of hydrogen-bond acceptors (Lipinski definition) is 1. The van der Waals surface area contributed by atoms with Gasteiger partial charge in [0.15, 0.2) is 0 Å². The molecule has 106 valence electrons. The van der Waals surface area contributed by atoms with Crippen LogP contribution in [0, 0.1) is 24.7 Å². The SMILES string of the molecule is Cc1ccc(CO[C@@H]2C[C@H](C)CC[C@H]2C(C)C)cc1. The molecule has 0 aliphatic heterocycles. The number of aryl methyl sites for hydroxylation is 1. The molecule has 1 fully saturated rings. The van der Waals surface area contributed by atoms with Gasteiger partial charge in [-0.2, -0.15) is 0 Å². The van der Waals surface area contributed by atoms with Crippen molar-refractivity contribution < 1.29 is 4.74 Å². The van der Waals surface area contributed by atoms with Crippen LogP contribution in [0.2, 0.25) is 0 Å². The topological polar surface area (TPSA) is 9.23 Å². The zero-order valence-electron chi connectivity index (χ0n) is 12.9. The monoisotopic (exact) mass is 260 g/mol. The minimum Gasteiger partial charge on any atom is -0.373 e. The largest absolute Gasteiger partial charge is 0.373 e. The number of ether oxygens (including phenoxy) is 1. The van der Waals surface area contributed by atoms with Crippen LogP contribution in [0.4, 0.5) is 0 Å². The first-order valence-corrected chi connectivity index (χ1v) is 7.73. The summed E-state index contributed by atoms with van der Waals surface area (Å²) >= 11 is 0. The smallest absolute Gasteiger partial charge is 0.0720 e. The van der Waals surface area contributed by atoms with Crippen LogP contribution < -0.4 is 0 Å². The molecule has 1 aromatic rings. The first-order chi connectivity index (χ1) is 9.06. The van der Waals surface area contributed by atoms with E-state index in [1.165, 1.54) is 30.4 Å². The Kier molecular flexibility index (Phi) is 5.04. The molecule has 0 radical (unpaired) electrons. The summed E-state index contributed by atoms with van der Waals surface area (Å²) in [5.41, 5.74) is 2.61. The molecule has 1 aliphatic rings. The predicted molar refractivity (Wildman–Crippen MR) is 81.1 cm³/mol. The van der Waals surface area contributed by atoms with Crippen molar-refractivity contribution in [3.8, 4) is 0 Å². The normalized spacial score (nSPS) is 27.7. The lowest BCUT2D eigenvalue weighted by Gasteiger charge is -2.37. The van der Waals surface area contributed by atoms with Crippen LogP contribution in [0.25, 0.3) is 0 Å². The number of hydrogen-bond donors (Lipinski definition) is 0.